The monoisotopic (exact) mass is 383 g/mol. The van der Waals surface area contributed by atoms with Gasteiger partial charge in [-0.05, 0) is 48.5 Å². The average molecular weight is 384 g/mol. The number of nitrogens with zero attached hydrogens (tertiary/aromatic N) is 3. The van der Waals surface area contributed by atoms with E-state index in [-0.39, 0.29) is 6.09 Å². The molecule has 0 aromatic carbocycles. The number of guanidine groups is 1. The quantitative estimate of drug-likeness (QED) is 0.559. The van der Waals surface area contributed by atoms with Crippen LogP contribution in [0.5, 0.6) is 0 Å². The number of likely N-dealkylation sites (N-methyl/N-ethyl adjacent to an activating group) is 1. The number of carbonyl (C=O) groups excluding carboxylic acids is 1. The average Bonchev–Trinajstić information content (AvgIpc) is 2.85. The van der Waals surface area contributed by atoms with Crippen LogP contribution in [-0.2, 0) is 11.3 Å². The predicted octanol–water partition coefficient (Wildman–Crippen LogP) is 3.07. The van der Waals surface area contributed by atoms with E-state index in [9.17, 15) is 4.79 Å². The molecule has 1 aromatic heterocycles. The van der Waals surface area contributed by atoms with Gasteiger partial charge >= 0.3 is 6.09 Å². The van der Waals surface area contributed by atoms with E-state index in [2.05, 4.69) is 20.6 Å². The number of aryl methyl sites for hydroxylation is 2. The van der Waals surface area contributed by atoms with Gasteiger partial charge in [0, 0.05) is 31.1 Å². The first-order valence-electron chi connectivity index (χ1n) is 9.09. The van der Waals surface area contributed by atoms with Crippen molar-refractivity contribution in [1.82, 2.24) is 20.5 Å². The van der Waals surface area contributed by atoms with Gasteiger partial charge in [0.1, 0.15) is 5.60 Å². The van der Waals surface area contributed by atoms with Crippen LogP contribution in [0.4, 0.5) is 4.79 Å². The molecule has 0 aliphatic carbocycles. The van der Waals surface area contributed by atoms with Gasteiger partial charge in [0.2, 0.25) is 0 Å². The molecular weight excluding hydrogens is 350 g/mol. The highest BCUT2D eigenvalue weighted by Gasteiger charge is 2.20. The molecule has 0 aliphatic rings. The third-order valence-corrected chi connectivity index (χ3v) is 4.49. The first-order chi connectivity index (χ1) is 12.2. The lowest BCUT2D eigenvalue weighted by atomic mass is 10.2. The number of hydrogen-bond donors (Lipinski definition) is 2. The van der Waals surface area contributed by atoms with E-state index in [4.69, 9.17) is 4.74 Å². The van der Waals surface area contributed by atoms with Gasteiger partial charge in [-0.2, -0.15) is 0 Å². The Balaban J connectivity index is 2.57. The lowest BCUT2D eigenvalue weighted by Crippen LogP contribution is -2.44. The summed E-state index contributed by atoms with van der Waals surface area (Å²) in [5, 5.41) is 7.56. The van der Waals surface area contributed by atoms with E-state index in [1.165, 1.54) is 4.88 Å². The molecule has 1 amide bonds. The second kappa shape index (κ2) is 10.4. The standard InChI is InChI=1S/C18H33N5O2S/c1-8-19-16(21-12-15-13(3)22-14(4)26-15)20-10-11-23(9-2)17(24)25-18(5,6)7/h8-12H2,1-7H3,(H2,19,20,21). The van der Waals surface area contributed by atoms with Crippen LogP contribution < -0.4 is 10.6 Å². The summed E-state index contributed by atoms with van der Waals surface area (Å²) in [6, 6.07) is 0. The van der Waals surface area contributed by atoms with Crippen LogP contribution in [0.3, 0.4) is 0 Å². The Bertz CT molecular complexity index is 607. The number of rotatable bonds is 7. The molecule has 0 saturated heterocycles. The molecule has 1 aromatic rings. The first kappa shape index (κ1) is 22.2. The summed E-state index contributed by atoms with van der Waals surface area (Å²) in [4.78, 5) is 24.1. The van der Waals surface area contributed by atoms with Crippen molar-refractivity contribution in [1.29, 1.82) is 0 Å². The van der Waals surface area contributed by atoms with Gasteiger partial charge in [-0.3, -0.25) is 0 Å². The Morgan fingerprint density at radius 3 is 2.46 bits per heavy atom. The van der Waals surface area contributed by atoms with E-state index in [1.807, 2.05) is 48.5 Å². The van der Waals surface area contributed by atoms with Gasteiger partial charge < -0.3 is 20.3 Å². The normalized spacial score (nSPS) is 12.0. The van der Waals surface area contributed by atoms with Gasteiger partial charge in [0.05, 0.1) is 17.2 Å². The summed E-state index contributed by atoms with van der Waals surface area (Å²) in [7, 11) is 0. The van der Waals surface area contributed by atoms with E-state index in [0.717, 1.165) is 23.2 Å². The minimum Gasteiger partial charge on any atom is -0.444 e. The van der Waals surface area contributed by atoms with Gasteiger partial charge in [-0.25, -0.2) is 14.8 Å². The van der Waals surface area contributed by atoms with Crippen LogP contribution in [0.2, 0.25) is 0 Å². The minimum atomic E-state index is -0.487. The molecule has 0 aliphatic heterocycles. The maximum atomic E-state index is 12.2. The molecule has 2 N–H and O–H groups in total. The van der Waals surface area contributed by atoms with Crippen molar-refractivity contribution >= 4 is 23.4 Å². The summed E-state index contributed by atoms with van der Waals surface area (Å²) in [6.45, 7) is 16.7. The van der Waals surface area contributed by atoms with E-state index < -0.39 is 5.60 Å². The molecule has 0 atom stereocenters. The lowest BCUT2D eigenvalue weighted by Gasteiger charge is -2.26. The van der Waals surface area contributed by atoms with Crippen molar-refractivity contribution in [2.45, 2.75) is 60.6 Å². The van der Waals surface area contributed by atoms with Crippen LogP contribution in [0, 0.1) is 13.8 Å². The summed E-state index contributed by atoms with van der Waals surface area (Å²) < 4.78 is 5.42. The molecule has 7 nitrogen and oxygen atoms in total. The van der Waals surface area contributed by atoms with Crippen LogP contribution in [0.25, 0.3) is 0 Å². The van der Waals surface area contributed by atoms with E-state index in [1.54, 1.807) is 16.2 Å². The highest BCUT2D eigenvalue weighted by molar-refractivity contribution is 7.11. The SMILES string of the molecule is CCNC(=NCc1sc(C)nc1C)NCCN(CC)C(=O)OC(C)(C)C. The maximum absolute atomic E-state index is 12.2. The van der Waals surface area contributed by atoms with Gasteiger partial charge in [0.15, 0.2) is 5.96 Å². The fraction of sp³-hybridized carbons (Fsp3) is 0.722. The number of hydrogen-bond acceptors (Lipinski definition) is 5. The molecule has 1 rings (SSSR count). The lowest BCUT2D eigenvalue weighted by molar-refractivity contribution is 0.0264. The number of aromatic nitrogens is 1. The Labute approximate surface area is 161 Å². The van der Waals surface area contributed by atoms with Crippen LogP contribution >= 0.6 is 11.3 Å². The van der Waals surface area contributed by atoms with Crippen molar-refractivity contribution in [2.24, 2.45) is 4.99 Å². The van der Waals surface area contributed by atoms with Crippen molar-refractivity contribution in [3.63, 3.8) is 0 Å². The molecule has 8 heteroatoms. The Kier molecular flexibility index (Phi) is 8.84. The molecule has 0 fully saturated rings. The number of amides is 1. The Morgan fingerprint density at radius 2 is 1.96 bits per heavy atom. The van der Waals surface area contributed by atoms with E-state index >= 15 is 0 Å². The number of ether oxygens (including phenoxy) is 1. The second-order valence-electron chi connectivity index (χ2n) is 6.92. The van der Waals surface area contributed by atoms with Crippen molar-refractivity contribution < 1.29 is 9.53 Å². The maximum Gasteiger partial charge on any atom is 0.410 e. The Hall–Kier alpha value is -1.83. The fourth-order valence-electron chi connectivity index (χ4n) is 2.23. The minimum absolute atomic E-state index is 0.292. The molecule has 1 heterocycles. The number of nitrogens with one attached hydrogen (secondary N) is 2. The number of thiazole rings is 1. The first-order valence-corrected chi connectivity index (χ1v) is 9.91. The molecule has 26 heavy (non-hydrogen) atoms. The highest BCUT2D eigenvalue weighted by Crippen LogP contribution is 2.17. The molecule has 0 radical (unpaired) electrons. The zero-order valence-corrected chi connectivity index (χ0v) is 17.9. The second-order valence-corrected chi connectivity index (χ2v) is 8.21. The summed E-state index contributed by atoms with van der Waals surface area (Å²) >= 11 is 1.67. The predicted molar refractivity (Wildman–Crippen MR) is 108 cm³/mol. The van der Waals surface area contributed by atoms with Gasteiger partial charge in [-0.15, -0.1) is 11.3 Å². The molecule has 0 unspecified atom stereocenters. The third kappa shape index (κ3) is 8.03. The van der Waals surface area contributed by atoms with Crippen molar-refractivity contribution in [2.75, 3.05) is 26.2 Å². The fourth-order valence-corrected chi connectivity index (χ4v) is 3.09. The van der Waals surface area contributed by atoms with E-state index in [0.29, 0.717) is 26.2 Å². The number of carbonyl (C=O) groups is 1. The molecule has 0 saturated carbocycles. The largest absolute Gasteiger partial charge is 0.444 e. The van der Waals surface area contributed by atoms with Crippen LogP contribution in [0.15, 0.2) is 4.99 Å². The van der Waals surface area contributed by atoms with Crippen LogP contribution in [0.1, 0.15) is 50.2 Å². The molecule has 148 valence electrons. The smallest absolute Gasteiger partial charge is 0.410 e. The topological polar surface area (TPSA) is 78.9 Å². The van der Waals surface area contributed by atoms with Crippen LogP contribution in [-0.4, -0.2) is 53.7 Å². The third-order valence-electron chi connectivity index (χ3n) is 3.43. The van der Waals surface area contributed by atoms with Crippen molar-refractivity contribution in [3.05, 3.63) is 15.6 Å². The zero-order valence-electron chi connectivity index (χ0n) is 17.1. The summed E-state index contributed by atoms with van der Waals surface area (Å²) in [5.41, 5.74) is 0.549. The molecule has 0 spiro atoms. The Morgan fingerprint density at radius 1 is 1.27 bits per heavy atom. The molecular formula is C18H33N5O2S. The summed E-state index contributed by atoms with van der Waals surface area (Å²) in [5.74, 6) is 0.734. The van der Waals surface area contributed by atoms with Gasteiger partial charge in [0.25, 0.3) is 0 Å². The molecule has 0 bridgehead atoms. The highest BCUT2D eigenvalue weighted by atomic mass is 32.1. The van der Waals surface area contributed by atoms with Crippen molar-refractivity contribution in [3.8, 4) is 0 Å². The van der Waals surface area contributed by atoms with Gasteiger partial charge in [-0.1, -0.05) is 0 Å². The number of aliphatic imine (C=N–C) groups is 1. The zero-order chi connectivity index (χ0) is 19.7. The summed E-state index contributed by atoms with van der Waals surface area (Å²) in [6.07, 6.45) is -0.292.